The fraction of sp³-hybridized carbons (Fsp3) is 0.818. The number of nitrogens with one attached hydrogen (secondary N) is 1. The molecule has 2 rings (SSSR count). The normalized spacial score (nSPS) is 26.1. The van der Waals surface area contributed by atoms with Crippen molar-refractivity contribution in [1.29, 1.82) is 0 Å². The number of hydrogen-bond acceptors (Lipinski definition) is 4. The molecule has 0 radical (unpaired) electrons. The number of rotatable bonds is 3. The summed E-state index contributed by atoms with van der Waals surface area (Å²) in [6.07, 6.45) is 3.71. The Morgan fingerprint density at radius 2 is 2.20 bits per heavy atom. The Hall–Kier alpha value is -1.06. The molecule has 1 saturated carbocycles. The van der Waals surface area contributed by atoms with E-state index in [1.54, 1.807) is 0 Å². The Morgan fingerprint density at radius 3 is 2.73 bits per heavy atom. The first-order valence-corrected chi connectivity index (χ1v) is 5.75. The van der Waals surface area contributed by atoms with Crippen molar-refractivity contribution in [2.75, 3.05) is 5.32 Å². The molecule has 0 aromatic carbocycles. The number of hydrogen-bond donors (Lipinski definition) is 1. The van der Waals surface area contributed by atoms with Gasteiger partial charge in [-0.25, -0.2) is 0 Å². The maximum Gasteiger partial charge on any atom is 0.321 e. The predicted molar refractivity (Wildman–Crippen MR) is 58.8 cm³/mol. The van der Waals surface area contributed by atoms with Crippen LogP contribution < -0.4 is 5.32 Å². The molecule has 0 amide bonds. The van der Waals surface area contributed by atoms with Gasteiger partial charge in [0.2, 0.25) is 0 Å². The standard InChI is InChI=1S/C11H19N3O/c1-7(2)10-13-11(15-14-10)12-9-5-4-8(3)6-9/h7-9H,4-6H2,1-3H3,(H,12,13,14). The second-order valence-electron chi connectivity index (χ2n) is 4.87. The van der Waals surface area contributed by atoms with Crippen molar-refractivity contribution < 1.29 is 4.52 Å². The first-order chi connectivity index (χ1) is 7.15. The molecule has 2 unspecified atom stereocenters. The summed E-state index contributed by atoms with van der Waals surface area (Å²) in [4.78, 5) is 4.31. The first-order valence-electron chi connectivity index (χ1n) is 5.75. The first kappa shape index (κ1) is 10.5. The topological polar surface area (TPSA) is 51.0 Å². The number of aromatic nitrogens is 2. The van der Waals surface area contributed by atoms with Crippen molar-refractivity contribution >= 4 is 6.01 Å². The van der Waals surface area contributed by atoms with Crippen molar-refractivity contribution in [3.05, 3.63) is 5.82 Å². The molecule has 0 bridgehead atoms. The van der Waals surface area contributed by atoms with E-state index in [1.807, 2.05) is 0 Å². The molecule has 1 aromatic rings. The van der Waals surface area contributed by atoms with Crippen molar-refractivity contribution in [2.24, 2.45) is 5.92 Å². The summed E-state index contributed by atoms with van der Waals surface area (Å²) < 4.78 is 5.15. The van der Waals surface area contributed by atoms with E-state index in [0.29, 0.717) is 18.0 Å². The van der Waals surface area contributed by atoms with Gasteiger partial charge in [-0.3, -0.25) is 0 Å². The highest BCUT2D eigenvalue weighted by Crippen LogP contribution is 2.27. The van der Waals surface area contributed by atoms with E-state index < -0.39 is 0 Å². The zero-order valence-electron chi connectivity index (χ0n) is 9.66. The quantitative estimate of drug-likeness (QED) is 0.831. The smallest absolute Gasteiger partial charge is 0.321 e. The van der Waals surface area contributed by atoms with Crippen LogP contribution in [0.15, 0.2) is 4.52 Å². The summed E-state index contributed by atoms with van der Waals surface area (Å²) in [6.45, 7) is 6.41. The van der Waals surface area contributed by atoms with Crippen molar-refractivity contribution in [1.82, 2.24) is 10.1 Å². The summed E-state index contributed by atoms with van der Waals surface area (Å²) in [5.74, 6) is 1.92. The van der Waals surface area contributed by atoms with Crippen LogP contribution in [0, 0.1) is 5.92 Å². The van der Waals surface area contributed by atoms with Gasteiger partial charge in [0.15, 0.2) is 5.82 Å². The van der Waals surface area contributed by atoms with Gasteiger partial charge in [0.25, 0.3) is 0 Å². The SMILES string of the molecule is CC1CCC(Nc2nc(C(C)C)no2)C1. The van der Waals surface area contributed by atoms with Crippen molar-refractivity contribution in [3.63, 3.8) is 0 Å². The molecule has 1 N–H and O–H groups in total. The Morgan fingerprint density at radius 1 is 1.40 bits per heavy atom. The molecule has 4 heteroatoms. The third-order valence-electron chi connectivity index (χ3n) is 2.98. The molecule has 15 heavy (non-hydrogen) atoms. The van der Waals surface area contributed by atoms with E-state index in [2.05, 4.69) is 36.2 Å². The Bertz CT molecular complexity index is 321. The fourth-order valence-electron chi connectivity index (χ4n) is 2.04. The third-order valence-corrected chi connectivity index (χ3v) is 2.98. The van der Waals surface area contributed by atoms with Gasteiger partial charge in [-0.05, 0) is 25.2 Å². The van der Waals surface area contributed by atoms with Crippen LogP contribution in [0.4, 0.5) is 6.01 Å². The minimum Gasteiger partial charge on any atom is -0.335 e. The molecule has 1 heterocycles. The van der Waals surface area contributed by atoms with Crippen molar-refractivity contribution in [3.8, 4) is 0 Å². The minimum atomic E-state index is 0.326. The highest BCUT2D eigenvalue weighted by Gasteiger charge is 2.22. The second-order valence-corrected chi connectivity index (χ2v) is 4.87. The highest BCUT2D eigenvalue weighted by molar-refractivity contribution is 5.21. The van der Waals surface area contributed by atoms with Crippen LogP contribution in [0.25, 0.3) is 0 Å². The van der Waals surface area contributed by atoms with E-state index in [4.69, 9.17) is 4.52 Å². The van der Waals surface area contributed by atoms with Gasteiger partial charge in [0.1, 0.15) is 0 Å². The van der Waals surface area contributed by atoms with Crippen LogP contribution in [-0.4, -0.2) is 16.2 Å². The van der Waals surface area contributed by atoms with E-state index in [-0.39, 0.29) is 0 Å². The maximum absolute atomic E-state index is 5.15. The monoisotopic (exact) mass is 209 g/mol. The van der Waals surface area contributed by atoms with Gasteiger partial charge in [0.05, 0.1) is 0 Å². The van der Waals surface area contributed by atoms with Crippen LogP contribution >= 0.6 is 0 Å². The van der Waals surface area contributed by atoms with Gasteiger partial charge in [-0.1, -0.05) is 25.9 Å². The largest absolute Gasteiger partial charge is 0.335 e. The summed E-state index contributed by atoms with van der Waals surface area (Å²) in [6, 6.07) is 1.10. The van der Waals surface area contributed by atoms with E-state index in [0.717, 1.165) is 11.7 Å². The van der Waals surface area contributed by atoms with Gasteiger partial charge >= 0.3 is 6.01 Å². The molecule has 1 fully saturated rings. The summed E-state index contributed by atoms with van der Waals surface area (Å²) in [7, 11) is 0. The molecule has 0 spiro atoms. The van der Waals surface area contributed by atoms with Gasteiger partial charge in [-0.2, -0.15) is 4.98 Å². The molecule has 0 aliphatic heterocycles. The van der Waals surface area contributed by atoms with Gasteiger partial charge in [0, 0.05) is 12.0 Å². The molecule has 1 aliphatic rings. The van der Waals surface area contributed by atoms with E-state index in [1.165, 1.54) is 19.3 Å². The highest BCUT2D eigenvalue weighted by atomic mass is 16.5. The van der Waals surface area contributed by atoms with Crippen LogP contribution in [0.1, 0.15) is 51.8 Å². The average Bonchev–Trinajstić information content (AvgIpc) is 2.76. The lowest BCUT2D eigenvalue weighted by atomic mass is 10.1. The van der Waals surface area contributed by atoms with E-state index in [9.17, 15) is 0 Å². The summed E-state index contributed by atoms with van der Waals surface area (Å²) in [5.41, 5.74) is 0. The summed E-state index contributed by atoms with van der Waals surface area (Å²) >= 11 is 0. The fourth-order valence-corrected chi connectivity index (χ4v) is 2.04. The molecular formula is C11H19N3O. The molecule has 2 atom stereocenters. The third kappa shape index (κ3) is 2.49. The van der Waals surface area contributed by atoms with Crippen LogP contribution in [0.5, 0.6) is 0 Å². The minimum absolute atomic E-state index is 0.326. The van der Waals surface area contributed by atoms with Crippen LogP contribution in [-0.2, 0) is 0 Å². The second kappa shape index (κ2) is 4.21. The Balaban J connectivity index is 1.93. The molecule has 1 aliphatic carbocycles. The lowest BCUT2D eigenvalue weighted by Crippen LogP contribution is -2.15. The maximum atomic E-state index is 5.15. The molecule has 84 valence electrons. The Kier molecular flexibility index (Phi) is 2.93. The average molecular weight is 209 g/mol. The summed E-state index contributed by atoms with van der Waals surface area (Å²) in [5, 5.41) is 7.23. The zero-order valence-corrected chi connectivity index (χ0v) is 9.66. The lowest BCUT2D eigenvalue weighted by Gasteiger charge is -2.08. The zero-order chi connectivity index (χ0) is 10.8. The molecular weight excluding hydrogens is 190 g/mol. The van der Waals surface area contributed by atoms with Gasteiger partial charge < -0.3 is 9.84 Å². The molecule has 0 saturated heterocycles. The lowest BCUT2D eigenvalue weighted by molar-refractivity contribution is 0.415. The predicted octanol–water partition coefficient (Wildman–Crippen LogP) is 2.79. The molecule has 4 nitrogen and oxygen atoms in total. The van der Waals surface area contributed by atoms with Gasteiger partial charge in [-0.15, -0.1) is 0 Å². The van der Waals surface area contributed by atoms with E-state index >= 15 is 0 Å². The number of nitrogens with zero attached hydrogens (tertiary/aromatic N) is 2. The molecule has 1 aromatic heterocycles. The van der Waals surface area contributed by atoms with Crippen LogP contribution in [0.3, 0.4) is 0 Å². The van der Waals surface area contributed by atoms with Crippen molar-refractivity contribution in [2.45, 2.75) is 52.0 Å². The van der Waals surface area contributed by atoms with Crippen LogP contribution in [0.2, 0.25) is 0 Å². The number of anilines is 1. The Labute approximate surface area is 90.4 Å².